The third-order valence-corrected chi connectivity index (χ3v) is 3.85. The van der Waals surface area contributed by atoms with E-state index in [-0.39, 0.29) is 0 Å². The van der Waals surface area contributed by atoms with Crippen LogP contribution in [0.5, 0.6) is 0 Å². The molecule has 0 amide bonds. The molecule has 0 saturated heterocycles. The fourth-order valence-corrected chi connectivity index (χ4v) is 2.87. The molecule has 0 unspecified atom stereocenters. The maximum absolute atomic E-state index is 5.42. The zero-order valence-corrected chi connectivity index (χ0v) is 9.96. The van der Waals surface area contributed by atoms with Crippen LogP contribution < -0.4 is 0 Å². The van der Waals surface area contributed by atoms with Crippen molar-refractivity contribution in [3.05, 3.63) is 0 Å². The van der Waals surface area contributed by atoms with Gasteiger partial charge in [0.15, 0.2) is 0 Å². The van der Waals surface area contributed by atoms with Crippen LogP contribution in [0.4, 0.5) is 0 Å². The zero-order chi connectivity index (χ0) is 10.2. The molecule has 0 saturated carbocycles. The summed E-state index contributed by atoms with van der Waals surface area (Å²) in [5, 5.41) is 0. The molecule has 4 nitrogen and oxygen atoms in total. The summed E-state index contributed by atoms with van der Waals surface area (Å²) < 4.78 is 21.7. The van der Waals surface area contributed by atoms with Crippen LogP contribution in [0.15, 0.2) is 0 Å². The SMILES string of the molecule is CCO[PH](OCC)(OCC)OCC. The molecule has 0 aliphatic carbocycles. The van der Waals surface area contributed by atoms with Gasteiger partial charge >= 0.3 is 80.4 Å². The summed E-state index contributed by atoms with van der Waals surface area (Å²) in [5.41, 5.74) is 0. The van der Waals surface area contributed by atoms with Gasteiger partial charge in [-0.2, -0.15) is 0 Å². The van der Waals surface area contributed by atoms with Crippen molar-refractivity contribution < 1.29 is 18.1 Å². The van der Waals surface area contributed by atoms with Gasteiger partial charge in [-0.05, 0) is 0 Å². The molecule has 0 aromatic rings. The summed E-state index contributed by atoms with van der Waals surface area (Å²) >= 11 is 0. The third-order valence-electron chi connectivity index (χ3n) is 1.28. The van der Waals surface area contributed by atoms with Gasteiger partial charge in [0.2, 0.25) is 0 Å². The van der Waals surface area contributed by atoms with Crippen LogP contribution in [-0.2, 0) is 18.1 Å². The van der Waals surface area contributed by atoms with E-state index in [4.69, 9.17) is 18.1 Å². The Hall–Kier alpha value is 0.270. The molecule has 82 valence electrons. The van der Waals surface area contributed by atoms with Crippen molar-refractivity contribution in [3.63, 3.8) is 0 Å². The average Bonchev–Trinajstić information content (AvgIpc) is 2.06. The van der Waals surface area contributed by atoms with Crippen LogP contribution in [-0.4, -0.2) is 26.4 Å². The van der Waals surface area contributed by atoms with Gasteiger partial charge in [0.1, 0.15) is 0 Å². The van der Waals surface area contributed by atoms with Crippen molar-refractivity contribution >= 4 is 8.17 Å². The van der Waals surface area contributed by atoms with Crippen LogP contribution >= 0.6 is 8.17 Å². The Morgan fingerprint density at radius 2 is 0.846 bits per heavy atom. The Bertz CT molecular complexity index is 91.2. The first-order valence-electron chi connectivity index (χ1n) is 4.80. The van der Waals surface area contributed by atoms with Crippen LogP contribution in [0.25, 0.3) is 0 Å². The second kappa shape index (κ2) is 7.65. The first-order chi connectivity index (χ1) is 6.24. The minimum absolute atomic E-state index is 0.548. The minimum atomic E-state index is -2.80. The van der Waals surface area contributed by atoms with Crippen LogP contribution in [0.3, 0.4) is 0 Å². The normalized spacial score (nSPS) is 13.2. The first kappa shape index (κ1) is 13.3. The molecular weight excluding hydrogens is 191 g/mol. The van der Waals surface area contributed by atoms with Crippen LogP contribution in [0, 0.1) is 0 Å². The third kappa shape index (κ3) is 4.89. The van der Waals surface area contributed by atoms with Crippen molar-refractivity contribution in [1.29, 1.82) is 0 Å². The van der Waals surface area contributed by atoms with Gasteiger partial charge in [-0.3, -0.25) is 0 Å². The predicted molar refractivity (Wildman–Crippen MR) is 54.8 cm³/mol. The number of hydrogen-bond acceptors (Lipinski definition) is 4. The fraction of sp³-hybridized carbons (Fsp3) is 1.00. The van der Waals surface area contributed by atoms with Crippen LogP contribution in [0.1, 0.15) is 27.7 Å². The van der Waals surface area contributed by atoms with E-state index in [9.17, 15) is 0 Å². The van der Waals surface area contributed by atoms with Crippen molar-refractivity contribution in [2.45, 2.75) is 27.7 Å². The van der Waals surface area contributed by atoms with Crippen molar-refractivity contribution in [2.24, 2.45) is 0 Å². The van der Waals surface area contributed by atoms with Gasteiger partial charge in [0, 0.05) is 0 Å². The summed E-state index contributed by atoms with van der Waals surface area (Å²) in [5.74, 6) is 0. The van der Waals surface area contributed by atoms with E-state index < -0.39 is 8.17 Å². The molecule has 0 atom stereocenters. The topological polar surface area (TPSA) is 36.9 Å². The monoisotopic (exact) mass is 212 g/mol. The molecule has 0 radical (unpaired) electrons. The van der Waals surface area contributed by atoms with Crippen LogP contribution in [0.2, 0.25) is 0 Å². The molecule has 0 heterocycles. The number of hydrogen-bond donors (Lipinski definition) is 0. The molecule has 0 aliphatic heterocycles. The quantitative estimate of drug-likeness (QED) is 0.579. The summed E-state index contributed by atoms with van der Waals surface area (Å²) in [6, 6.07) is 0. The molecule has 0 fully saturated rings. The Balaban J connectivity index is 4.19. The Morgan fingerprint density at radius 1 is 0.615 bits per heavy atom. The maximum atomic E-state index is 5.42. The Morgan fingerprint density at radius 3 is 1.00 bits per heavy atom. The Kier molecular flexibility index (Phi) is 7.81. The standard InChI is InChI=1S/C8H21O4P/c1-5-9-13(10-6-2,11-7-3)12-8-4/h13H,5-8H2,1-4H3. The van der Waals surface area contributed by atoms with Gasteiger partial charge in [0.25, 0.3) is 0 Å². The molecular formula is C8H21O4P. The summed E-state index contributed by atoms with van der Waals surface area (Å²) in [4.78, 5) is 0. The van der Waals surface area contributed by atoms with Gasteiger partial charge in [-0.1, -0.05) is 0 Å². The van der Waals surface area contributed by atoms with Crippen molar-refractivity contribution in [2.75, 3.05) is 26.4 Å². The molecule has 0 spiro atoms. The molecule has 0 N–H and O–H groups in total. The second-order valence-corrected chi connectivity index (χ2v) is 4.39. The molecule has 5 heteroatoms. The van der Waals surface area contributed by atoms with Gasteiger partial charge in [0.05, 0.1) is 0 Å². The molecule has 13 heavy (non-hydrogen) atoms. The first-order valence-corrected chi connectivity index (χ1v) is 6.43. The second-order valence-electron chi connectivity index (χ2n) is 2.23. The average molecular weight is 212 g/mol. The van der Waals surface area contributed by atoms with E-state index in [1.807, 2.05) is 27.7 Å². The van der Waals surface area contributed by atoms with E-state index >= 15 is 0 Å². The van der Waals surface area contributed by atoms with Crippen molar-refractivity contribution in [1.82, 2.24) is 0 Å². The van der Waals surface area contributed by atoms with E-state index in [0.29, 0.717) is 26.4 Å². The predicted octanol–water partition coefficient (Wildman–Crippen LogP) is 2.54. The van der Waals surface area contributed by atoms with Crippen molar-refractivity contribution in [3.8, 4) is 0 Å². The molecule has 0 rings (SSSR count). The van der Waals surface area contributed by atoms with E-state index in [1.165, 1.54) is 0 Å². The van der Waals surface area contributed by atoms with E-state index in [2.05, 4.69) is 0 Å². The zero-order valence-electron chi connectivity index (χ0n) is 8.96. The summed E-state index contributed by atoms with van der Waals surface area (Å²) in [6.45, 7) is 9.80. The van der Waals surface area contributed by atoms with E-state index in [1.54, 1.807) is 0 Å². The number of rotatable bonds is 8. The molecule has 0 aromatic carbocycles. The summed E-state index contributed by atoms with van der Waals surface area (Å²) in [7, 11) is -2.80. The van der Waals surface area contributed by atoms with E-state index in [0.717, 1.165) is 0 Å². The van der Waals surface area contributed by atoms with Gasteiger partial charge < -0.3 is 0 Å². The fourth-order valence-electron chi connectivity index (χ4n) is 0.957. The van der Waals surface area contributed by atoms with Gasteiger partial charge in [-0.25, -0.2) is 0 Å². The Labute approximate surface area is 81.2 Å². The summed E-state index contributed by atoms with van der Waals surface area (Å²) in [6.07, 6.45) is 0. The molecule has 0 bridgehead atoms. The molecule has 0 aliphatic rings. The molecule has 0 aromatic heterocycles. The van der Waals surface area contributed by atoms with Gasteiger partial charge in [-0.15, -0.1) is 0 Å².